The molecule has 0 aliphatic rings. The fourth-order valence-electron chi connectivity index (χ4n) is 3.42. The summed E-state index contributed by atoms with van der Waals surface area (Å²) in [5.41, 5.74) is -0.208. The molecule has 0 heterocycles. The van der Waals surface area contributed by atoms with E-state index in [9.17, 15) is 9.59 Å². The van der Waals surface area contributed by atoms with Crippen molar-refractivity contribution in [3.63, 3.8) is 0 Å². The monoisotopic (exact) mass is 468 g/mol. The minimum atomic E-state index is -0.455. The minimum Gasteiger partial charge on any atom is -0.375 e. The van der Waals surface area contributed by atoms with E-state index in [1.807, 2.05) is 27.7 Å². The van der Waals surface area contributed by atoms with Crippen LogP contribution in [0.4, 0.5) is 0 Å². The number of rotatable bonds is 16. The van der Waals surface area contributed by atoms with Crippen LogP contribution in [0.5, 0.6) is 0 Å². The van der Waals surface area contributed by atoms with Gasteiger partial charge in [-0.2, -0.15) is 0 Å². The van der Waals surface area contributed by atoms with Crippen LogP contribution in [0.1, 0.15) is 127 Å². The molecule has 2 N–H and O–H groups in total. The van der Waals surface area contributed by atoms with E-state index in [-0.39, 0.29) is 22.8 Å². The molecule has 33 heavy (non-hydrogen) atoms. The normalized spacial score (nSPS) is 13.2. The summed E-state index contributed by atoms with van der Waals surface area (Å²) < 4.78 is 6.08. The molecule has 0 fully saturated rings. The Morgan fingerprint density at radius 3 is 1.79 bits per heavy atom. The lowest BCUT2D eigenvalue weighted by Crippen LogP contribution is -2.39. The third-order valence-corrected chi connectivity index (χ3v) is 6.12. The molecule has 5 heteroatoms. The lowest BCUT2D eigenvalue weighted by molar-refractivity contribution is -0.131. The highest BCUT2D eigenvalue weighted by Gasteiger charge is 2.28. The highest BCUT2D eigenvalue weighted by molar-refractivity contribution is 5.81. The van der Waals surface area contributed by atoms with Gasteiger partial charge in [0.15, 0.2) is 0 Å². The van der Waals surface area contributed by atoms with Gasteiger partial charge in [0.05, 0.1) is 5.60 Å². The Bertz CT molecular complexity index is 569. The van der Waals surface area contributed by atoms with E-state index in [4.69, 9.17) is 4.74 Å². The minimum absolute atomic E-state index is 0.102. The van der Waals surface area contributed by atoms with E-state index >= 15 is 0 Å². The molecule has 0 atom stereocenters. The number of carbonyl (C=O) groups is 2. The third-order valence-electron chi connectivity index (χ3n) is 6.12. The Morgan fingerprint density at radius 2 is 1.21 bits per heavy atom. The zero-order valence-corrected chi connectivity index (χ0v) is 23.7. The van der Waals surface area contributed by atoms with Crippen LogP contribution in [0, 0.1) is 16.2 Å². The number of nitrogens with one attached hydrogen (secondary N) is 2. The van der Waals surface area contributed by atoms with Crippen LogP contribution in [0.15, 0.2) is 0 Å². The Labute approximate surface area is 205 Å². The van der Waals surface area contributed by atoms with Gasteiger partial charge in [-0.3, -0.25) is 9.59 Å². The summed E-state index contributed by atoms with van der Waals surface area (Å²) in [6.45, 7) is 23.2. The van der Waals surface area contributed by atoms with Crippen LogP contribution >= 0.6 is 0 Å². The predicted molar refractivity (Wildman–Crippen MR) is 140 cm³/mol. The highest BCUT2D eigenvalue weighted by Crippen LogP contribution is 2.24. The van der Waals surface area contributed by atoms with Gasteiger partial charge in [-0.15, -0.1) is 0 Å². The van der Waals surface area contributed by atoms with E-state index in [0.717, 1.165) is 25.8 Å². The molecule has 0 aliphatic carbocycles. The molecule has 0 aromatic heterocycles. The first-order valence-corrected chi connectivity index (χ1v) is 13.1. The Hall–Kier alpha value is -1.10. The van der Waals surface area contributed by atoms with Crippen molar-refractivity contribution in [2.24, 2.45) is 16.2 Å². The second-order valence-electron chi connectivity index (χ2n) is 13.4. The van der Waals surface area contributed by atoms with Crippen molar-refractivity contribution >= 4 is 11.8 Å². The van der Waals surface area contributed by atoms with Crippen LogP contribution in [0.3, 0.4) is 0 Å². The summed E-state index contributed by atoms with van der Waals surface area (Å²) in [4.78, 5) is 24.6. The van der Waals surface area contributed by atoms with Crippen LogP contribution in [0.2, 0.25) is 0 Å². The summed E-state index contributed by atoms with van der Waals surface area (Å²) in [5.74, 6) is 0.206. The molecule has 5 nitrogen and oxygen atoms in total. The van der Waals surface area contributed by atoms with Gasteiger partial charge in [0, 0.05) is 31.5 Å². The van der Waals surface area contributed by atoms with Crippen molar-refractivity contribution in [3.05, 3.63) is 0 Å². The predicted octanol–water partition coefficient (Wildman–Crippen LogP) is 6.64. The lowest BCUT2D eigenvalue weighted by atomic mass is 9.88. The lowest BCUT2D eigenvalue weighted by Gasteiger charge is -2.29. The van der Waals surface area contributed by atoms with Crippen molar-refractivity contribution in [1.82, 2.24) is 10.6 Å². The quantitative estimate of drug-likeness (QED) is 0.249. The average molecular weight is 469 g/mol. The Morgan fingerprint density at radius 1 is 0.636 bits per heavy atom. The second-order valence-corrected chi connectivity index (χ2v) is 13.4. The van der Waals surface area contributed by atoms with Gasteiger partial charge in [0.2, 0.25) is 11.8 Å². The number of carbonyl (C=O) groups excluding carboxylic acids is 2. The van der Waals surface area contributed by atoms with Crippen molar-refractivity contribution < 1.29 is 14.3 Å². The van der Waals surface area contributed by atoms with Gasteiger partial charge in [-0.05, 0) is 56.8 Å². The van der Waals surface area contributed by atoms with Gasteiger partial charge < -0.3 is 15.4 Å². The maximum Gasteiger partial charge on any atom is 0.225 e. The molecule has 0 saturated carbocycles. The van der Waals surface area contributed by atoms with Crippen LogP contribution in [-0.2, 0) is 14.3 Å². The first-order valence-electron chi connectivity index (χ1n) is 13.1. The largest absolute Gasteiger partial charge is 0.375 e. The molecule has 0 aliphatic heterocycles. The van der Waals surface area contributed by atoms with E-state index in [2.05, 4.69) is 52.2 Å². The second kappa shape index (κ2) is 14.3. The van der Waals surface area contributed by atoms with Gasteiger partial charge in [0.25, 0.3) is 0 Å². The zero-order chi connectivity index (χ0) is 25.8. The number of hydrogen-bond donors (Lipinski definition) is 2. The van der Waals surface area contributed by atoms with Gasteiger partial charge in [-0.25, -0.2) is 0 Å². The van der Waals surface area contributed by atoms with Gasteiger partial charge in [-0.1, -0.05) is 74.7 Å². The molecule has 0 spiro atoms. The van der Waals surface area contributed by atoms with E-state index in [0.29, 0.717) is 31.4 Å². The molecule has 0 bridgehead atoms. The topological polar surface area (TPSA) is 67.4 Å². The molecular weight excluding hydrogens is 412 g/mol. The molecule has 2 amide bonds. The summed E-state index contributed by atoms with van der Waals surface area (Å²) in [7, 11) is 0. The first kappa shape index (κ1) is 31.9. The highest BCUT2D eigenvalue weighted by atomic mass is 16.5. The number of unbranched alkanes of at least 4 members (excludes halogenated alkanes) is 3. The SMILES string of the molecule is CC(C)(C)CCCCCCNC(=O)C(C)(C)CCOC(C)(C)CCNC(=O)CCC(C)(C)C. The molecule has 0 rings (SSSR count). The van der Waals surface area contributed by atoms with Gasteiger partial charge in [0.1, 0.15) is 0 Å². The Balaban J connectivity index is 4.05. The third kappa shape index (κ3) is 19.0. The summed E-state index contributed by atoms with van der Waals surface area (Å²) in [6, 6.07) is 0. The maximum atomic E-state index is 12.6. The summed E-state index contributed by atoms with van der Waals surface area (Å²) >= 11 is 0. The molecule has 0 aromatic carbocycles. The molecule has 0 radical (unpaired) electrons. The number of hydrogen-bond acceptors (Lipinski definition) is 3. The van der Waals surface area contributed by atoms with E-state index in [1.54, 1.807) is 0 Å². The molecule has 0 saturated heterocycles. The van der Waals surface area contributed by atoms with Crippen LogP contribution < -0.4 is 10.6 Å². The van der Waals surface area contributed by atoms with E-state index < -0.39 is 5.41 Å². The summed E-state index contributed by atoms with van der Waals surface area (Å²) in [5, 5.41) is 6.11. The van der Waals surface area contributed by atoms with Crippen molar-refractivity contribution in [1.29, 1.82) is 0 Å². The van der Waals surface area contributed by atoms with Crippen LogP contribution in [0.25, 0.3) is 0 Å². The number of ether oxygens (including phenoxy) is 1. The molecule has 0 unspecified atom stereocenters. The zero-order valence-electron chi connectivity index (χ0n) is 23.7. The Kier molecular flexibility index (Phi) is 13.9. The van der Waals surface area contributed by atoms with Crippen molar-refractivity contribution in [2.75, 3.05) is 19.7 Å². The average Bonchev–Trinajstić information content (AvgIpc) is 2.63. The molecule has 0 aromatic rings. The first-order chi connectivity index (χ1) is 14.9. The van der Waals surface area contributed by atoms with Crippen LogP contribution in [-0.4, -0.2) is 37.1 Å². The van der Waals surface area contributed by atoms with Crippen molar-refractivity contribution in [3.8, 4) is 0 Å². The summed E-state index contributed by atoms with van der Waals surface area (Å²) in [6.07, 6.45) is 8.82. The van der Waals surface area contributed by atoms with E-state index in [1.165, 1.54) is 25.7 Å². The van der Waals surface area contributed by atoms with Crippen molar-refractivity contribution in [2.45, 2.75) is 133 Å². The fraction of sp³-hybridized carbons (Fsp3) is 0.929. The smallest absolute Gasteiger partial charge is 0.225 e. The fourth-order valence-corrected chi connectivity index (χ4v) is 3.42. The molecule has 196 valence electrons. The standard InChI is InChI=1S/C28H56N2O3/c1-25(2,3)16-13-11-12-14-20-30-24(32)27(7,8)19-22-33-28(9,10)18-21-29-23(31)15-17-26(4,5)6/h11-22H2,1-10H3,(H,29,31)(H,30,32). The molecular formula is C28H56N2O3. The maximum absolute atomic E-state index is 12.6. The number of amides is 2. The van der Waals surface area contributed by atoms with Gasteiger partial charge >= 0.3 is 0 Å².